The van der Waals surface area contributed by atoms with Gasteiger partial charge in [0.2, 0.25) is 0 Å². The number of benzene rings is 3. The average molecular weight is 398 g/mol. The molecule has 4 rings (SSSR count). The maximum Gasteiger partial charge on any atom is 0.282 e. The first kappa shape index (κ1) is 19.5. The quantitative estimate of drug-likeness (QED) is 0.578. The number of para-hydroxylation sites is 2. The van der Waals surface area contributed by atoms with E-state index in [0.29, 0.717) is 23.0 Å². The molecule has 0 fully saturated rings. The van der Waals surface area contributed by atoms with Gasteiger partial charge in [0.1, 0.15) is 17.2 Å². The molecule has 0 radical (unpaired) electrons. The third kappa shape index (κ3) is 3.57. The number of carbonyl (C=O) groups excluding carboxylic acids is 1. The van der Waals surface area contributed by atoms with Crippen molar-refractivity contribution >= 4 is 23.5 Å². The number of ether oxygens (including phenoxy) is 2. The molecule has 1 heterocycles. The standard InChI is InChI=1S/C25H22N2O3/c1-17-12-14-19(15-13-17)27-24(20-9-5-7-11-23(20)30-3)26-21(25(27)28)16-18-8-4-6-10-22(18)29-2/h4-16H,1-3H3/b21-16+. The molecule has 5 heteroatoms. The first-order chi connectivity index (χ1) is 14.6. The Hall–Kier alpha value is -3.86. The third-order valence-electron chi connectivity index (χ3n) is 4.93. The summed E-state index contributed by atoms with van der Waals surface area (Å²) in [7, 11) is 3.22. The Morgan fingerprint density at radius 3 is 2.17 bits per heavy atom. The SMILES string of the molecule is COc1ccccc1/C=C1/N=C(c2ccccc2OC)N(c2ccc(C)cc2)C1=O. The van der Waals surface area contributed by atoms with Crippen molar-refractivity contribution < 1.29 is 14.3 Å². The molecule has 3 aromatic carbocycles. The van der Waals surface area contributed by atoms with Gasteiger partial charge in [-0.1, -0.05) is 48.0 Å². The lowest BCUT2D eigenvalue weighted by molar-refractivity contribution is -0.113. The number of amidine groups is 1. The Morgan fingerprint density at radius 1 is 0.833 bits per heavy atom. The van der Waals surface area contributed by atoms with Crippen molar-refractivity contribution in [3.63, 3.8) is 0 Å². The molecule has 0 N–H and O–H groups in total. The van der Waals surface area contributed by atoms with Gasteiger partial charge in [0.25, 0.3) is 5.91 Å². The van der Waals surface area contributed by atoms with Crippen LogP contribution in [0.25, 0.3) is 6.08 Å². The smallest absolute Gasteiger partial charge is 0.282 e. The molecule has 0 unspecified atom stereocenters. The fraction of sp³-hybridized carbons (Fsp3) is 0.120. The first-order valence-corrected chi connectivity index (χ1v) is 9.60. The van der Waals surface area contributed by atoms with Crippen LogP contribution in [0, 0.1) is 6.92 Å². The Morgan fingerprint density at radius 2 is 1.47 bits per heavy atom. The number of hydrogen-bond donors (Lipinski definition) is 0. The van der Waals surface area contributed by atoms with Gasteiger partial charge in [-0.15, -0.1) is 0 Å². The van der Waals surface area contributed by atoms with Crippen LogP contribution in [0.15, 0.2) is 83.5 Å². The molecule has 0 aliphatic carbocycles. The largest absolute Gasteiger partial charge is 0.496 e. The van der Waals surface area contributed by atoms with Crippen molar-refractivity contribution in [2.45, 2.75) is 6.92 Å². The van der Waals surface area contributed by atoms with Gasteiger partial charge in [-0.3, -0.25) is 9.69 Å². The highest BCUT2D eigenvalue weighted by molar-refractivity contribution is 6.33. The molecule has 1 aliphatic rings. The van der Waals surface area contributed by atoms with Crippen LogP contribution in [0.4, 0.5) is 5.69 Å². The van der Waals surface area contributed by atoms with Gasteiger partial charge in [-0.05, 0) is 43.3 Å². The van der Waals surface area contributed by atoms with Crippen LogP contribution in [0.5, 0.6) is 11.5 Å². The molecule has 0 bridgehead atoms. The zero-order valence-electron chi connectivity index (χ0n) is 17.1. The lowest BCUT2D eigenvalue weighted by Crippen LogP contribution is -2.32. The summed E-state index contributed by atoms with van der Waals surface area (Å²) in [5.41, 5.74) is 3.74. The molecule has 30 heavy (non-hydrogen) atoms. The van der Waals surface area contributed by atoms with E-state index in [4.69, 9.17) is 14.5 Å². The molecule has 0 spiro atoms. The van der Waals surface area contributed by atoms with Crippen LogP contribution in [0.1, 0.15) is 16.7 Å². The van der Waals surface area contributed by atoms with E-state index < -0.39 is 0 Å². The fourth-order valence-corrected chi connectivity index (χ4v) is 3.39. The summed E-state index contributed by atoms with van der Waals surface area (Å²) >= 11 is 0. The Bertz CT molecular complexity index is 1150. The van der Waals surface area contributed by atoms with Crippen LogP contribution in [0.2, 0.25) is 0 Å². The van der Waals surface area contributed by atoms with Crippen LogP contribution in [0.3, 0.4) is 0 Å². The highest BCUT2D eigenvalue weighted by Crippen LogP contribution is 2.32. The number of aryl methyl sites for hydroxylation is 1. The molecule has 150 valence electrons. The first-order valence-electron chi connectivity index (χ1n) is 9.60. The second-order valence-electron chi connectivity index (χ2n) is 6.88. The zero-order valence-corrected chi connectivity index (χ0v) is 17.1. The highest BCUT2D eigenvalue weighted by Gasteiger charge is 2.34. The van der Waals surface area contributed by atoms with Crippen LogP contribution in [-0.2, 0) is 4.79 Å². The minimum atomic E-state index is -0.203. The van der Waals surface area contributed by atoms with Crippen molar-refractivity contribution in [2.24, 2.45) is 4.99 Å². The summed E-state index contributed by atoms with van der Waals surface area (Å²) in [5.74, 6) is 1.66. The minimum Gasteiger partial charge on any atom is -0.496 e. The fourth-order valence-electron chi connectivity index (χ4n) is 3.39. The number of hydrogen-bond acceptors (Lipinski definition) is 4. The van der Waals surface area contributed by atoms with Gasteiger partial charge in [0, 0.05) is 5.56 Å². The number of amides is 1. The molecule has 1 amide bonds. The molecule has 0 saturated heterocycles. The van der Waals surface area contributed by atoms with Gasteiger partial charge in [-0.25, -0.2) is 4.99 Å². The molecular formula is C25H22N2O3. The van der Waals surface area contributed by atoms with E-state index in [1.807, 2.05) is 79.7 Å². The van der Waals surface area contributed by atoms with Gasteiger partial charge in [-0.2, -0.15) is 0 Å². The predicted octanol–water partition coefficient (Wildman–Crippen LogP) is 4.85. The topological polar surface area (TPSA) is 51.1 Å². The van der Waals surface area contributed by atoms with E-state index in [-0.39, 0.29) is 5.91 Å². The lowest BCUT2D eigenvalue weighted by Gasteiger charge is -2.20. The number of anilines is 1. The molecular weight excluding hydrogens is 376 g/mol. The van der Waals surface area contributed by atoms with Gasteiger partial charge >= 0.3 is 0 Å². The summed E-state index contributed by atoms with van der Waals surface area (Å²) in [6, 6.07) is 22.9. The summed E-state index contributed by atoms with van der Waals surface area (Å²) in [6.07, 6.45) is 1.75. The summed E-state index contributed by atoms with van der Waals surface area (Å²) in [4.78, 5) is 19.8. The maximum atomic E-state index is 13.4. The second kappa shape index (κ2) is 8.25. The molecule has 0 atom stereocenters. The van der Waals surface area contributed by atoms with E-state index in [2.05, 4.69) is 0 Å². The Kier molecular flexibility index (Phi) is 5.35. The molecule has 0 aromatic heterocycles. The van der Waals surface area contributed by atoms with E-state index >= 15 is 0 Å². The number of nitrogens with zero attached hydrogens (tertiary/aromatic N) is 2. The average Bonchev–Trinajstić information content (AvgIpc) is 3.10. The van der Waals surface area contributed by atoms with E-state index in [1.165, 1.54) is 0 Å². The van der Waals surface area contributed by atoms with E-state index in [9.17, 15) is 4.79 Å². The summed E-state index contributed by atoms with van der Waals surface area (Å²) in [5, 5.41) is 0. The maximum absolute atomic E-state index is 13.4. The second-order valence-corrected chi connectivity index (χ2v) is 6.88. The molecule has 0 saturated carbocycles. The molecule has 3 aromatic rings. The van der Waals surface area contributed by atoms with Crippen LogP contribution in [-0.4, -0.2) is 26.0 Å². The Labute approximate surface area is 175 Å². The normalized spacial score (nSPS) is 14.8. The number of rotatable bonds is 5. The van der Waals surface area contributed by atoms with Crippen molar-refractivity contribution in [2.75, 3.05) is 19.1 Å². The van der Waals surface area contributed by atoms with Crippen LogP contribution >= 0.6 is 0 Å². The van der Waals surface area contributed by atoms with E-state index in [0.717, 1.165) is 22.4 Å². The van der Waals surface area contributed by atoms with Crippen LogP contribution < -0.4 is 14.4 Å². The number of methoxy groups -OCH3 is 2. The van der Waals surface area contributed by atoms with Gasteiger partial charge in [0.05, 0.1) is 25.5 Å². The Balaban J connectivity index is 1.87. The highest BCUT2D eigenvalue weighted by atomic mass is 16.5. The summed E-state index contributed by atoms with van der Waals surface area (Å²) < 4.78 is 11.0. The summed E-state index contributed by atoms with van der Waals surface area (Å²) in [6.45, 7) is 2.01. The van der Waals surface area contributed by atoms with Crippen molar-refractivity contribution in [3.8, 4) is 11.5 Å². The third-order valence-corrected chi connectivity index (χ3v) is 4.93. The van der Waals surface area contributed by atoms with E-state index in [1.54, 1.807) is 25.2 Å². The van der Waals surface area contributed by atoms with Crippen molar-refractivity contribution in [3.05, 3.63) is 95.2 Å². The monoisotopic (exact) mass is 398 g/mol. The number of aliphatic imine (C=N–C) groups is 1. The molecule has 1 aliphatic heterocycles. The van der Waals surface area contributed by atoms with Gasteiger partial charge in [0.15, 0.2) is 5.84 Å². The minimum absolute atomic E-state index is 0.203. The van der Waals surface area contributed by atoms with Crippen molar-refractivity contribution in [1.29, 1.82) is 0 Å². The predicted molar refractivity (Wildman–Crippen MR) is 119 cm³/mol. The van der Waals surface area contributed by atoms with Crippen molar-refractivity contribution in [1.82, 2.24) is 0 Å². The number of carbonyl (C=O) groups is 1. The van der Waals surface area contributed by atoms with Gasteiger partial charge < -0.3 is 9.47 Å². The lowest BCUT2D eigenvalue weighted by atomic mass is 10.1. The zero-order chi connectivity index (χ0) is 21.1. The molecule has 5 nitrogen and oxygen atoms in total.